The van der Waals surface area contributed by atoms with E-state index in [1.807, 2.05) is 42.4 Å². The molecule has 2 aromatic rings. The van der Waals surface area contributed by atoms with Gasteiger partial charge < -0.3 is 4.90 Å². The van der Waals surface area contributed by atoms with Crippen LogP contribution < -0.4 is 0 Å². The van der Waals surface area contributed by atoms with E-state index in [0.29, 0.717) is 17.0 Å². The summed E-state index contributed by atoms with van der Waals surface area (Å²) in [6.45, 7) is 2.04. The van der Waals surface area contributed by atoms with Gasteiger partial charge in [-0.3, -0.25) is 14.3 Å². The molecule has 1 atom stereocenters. The molecule has 0 spiro atoms. The van der Waals surface area contributed by atoms with Crippen molar-refractivity contribution in [3.8, 4) is 5.69 Å². The first-order valence-corrected chi connectivity index (χ1v) is 11.1. The fourth-order valence-corrected chi connectivity index (χ4v) is 4.49. The highest BCUT2D eigenvalue weighted by molar-refractivity contribution is 7.99. The molecule has 1 aromatic carbocycles. The van der Waals surface area contributed by atoms with E-state index < -0.39 is 0 Å². The predicted molar refractivity (Wildman–Crippen MR) is 114 cm³/mol. The third-order valence-corrected chi connectivity index (χ3v) is 6.65. The highest BCUT2D eigenvalue weighted by atomic mass is 32.2. The summed E-state index contributed by atoms with van der Waals surface area (Å²) >= 11 is 1.38. The molecule has 0 unspecified atom stereocenters. The van der Waals surface area contributed by atoms with E-state index in [1.165, 1.54) is 43.2 Å². The molecule has 29 heavy (non-hydrogen) atoms. The minimum absolute atomic E-state index is 0.0162. The molecule has 1 aliphatic carbocycles. The lowest BCUT2D eigenvalue weighted by Gasteiger charge is -2.31. The molecule has 1 fully saturated rings. The molecule has 1 aliphatic rings. The van der Waals surface area contributed by atoms with E-state index in [0.717, 1.165) is 24.4 Å². The molecule has 1 heterocycles. The number of hydrogen-bond acceptors (Lipinski definition) is 5. The first-order valence-electron chi connectivity index (χ1n) is 10.1. The lowest BCUT2D eigenvalue weighted by Crippen LogP contribution is -2.39. The SMILES string of the molecule is C[C@@H](c1nnc(SCC(=O)N(C)C2CCCCC2)n1-c1ccc(F)cc1)N(C)C. The number of aromatic nitrogens is 3. The van der Waals surface area contributed by atoms with Gasteiger partial charge in [-0.1, -0.05) is 31.0 Å². The maximum absolute atomic E-state index is 13.4. The topological polar surface area (TPSA) is 54.3 Å². The zero-order valence-electron chi connectivity index (χ0n) is 17.6. The molecule has 8 heteroatoms. The van der Waals surface area contributed by atoms with Gasteiger partial charge in [0.25, 0.3) is 0 Å². The normalized spacial score (nSPS) is 16.2. The van der Waals surface area contributed by atoms with Crippen molar-refractivity contribution in [1.29, 1.82) is 0 Å². The van der Waals surface area contributed by atoms with E-state index >= 15 is 0 Å². The highest BCUT2D eigenvalue weighted by Gasteiger charge is 2.24. The van der Waals surface area contributed by atoms with Gasteiger partial charge in [0.2, 0.25) is 5.91 Å². The van der Waals surface area contributed by atoms with E-state index in [4.69, 9.17) is 0 Å². The Morgan fingerprint density at radius 1 is 1.17 bits per heavy atom. The Morgan fingerprint density at radius 2 is 1.83 bits per heavy atom. The summed E-state index contributed by atoms with van der Waals surface area (Å²) in [7, 11) is 5.86. The van der Waals surface area contributed by atoms with Crippen LogP contribution in [0.1, 0.15) is 50.9 Å². The van der Waals surface area contributed by atoms with Crippen LogP contribution >= 0.6 is 11.8 Å². The van der Waals surface area contributed by atoms with Gasteiger partial charge >= 0.3 is 0 Å². The van der Waals surface area contributed by atoms with Crippen LogP contribution in [0.5, 0.6) is 0 Å². The van der Waals surface area contributed by atoms with Crippen molar-refractivity contribution >= 4 is 17.7 Å². The summed E-state index contributed by atoms with van der Waals surface area (Å²) in [5.41, 5.74) is 0.788. The molecule has 0 bridgehead atoms. The fourth-order valence-electron chi connectivity index (χ4n) is 3.61. The average Bonchev–Trinajstić information content (AvgIpc) is 3.15. The maximum atomic E-state index is 13.4. The second kappa shape index (κ2) is 9.71. The maximum Gasteiger partial charge on any atom is 0.233 e. The number of rotatable bonds is 7. The van der Waals surface area contributed by atoms with E-state index in [9.17, 15) is 9.18 Å². The van der Waals surface area contributed by atoms with E-state index in [1.54, 1.807) is 12.1 Å². The van der Waals surface area contributed by atoms with Gasteiger partial charge in [0.05, 0.1) is 11.8 Å². The highest BCUT2D eigenvalue weighted by Crippen LogP contribution is 2.28. The number of thioether (sulfide) groups is 1. The summed E-state index contributed by atoms with van der Waals surface area (Å²) < 4.78 is 15.4. The van der Waals surface area contributed by atoms with Gasteiger partial charge in [0, 0.05) is 18.8 Å². The molecule has 158 valence electrons. The largest absolute Gasteiger partial charge is 0.342 e. The Balaban J connectivity index is 1.79. The third-order valence-electron chi connectivity index (χ3n) is 5.73. The molecule has 0 aliphatic heterocycles. The van der Waals surface area contributed by atoms with E-state index in [-0.39, 0.29) is 17.8 Å². The predicted octanol–water partition coefficient (Wildman–Crippen LogP) is 3.91. The first kappa shape index (κ1) is 21.8. The van der Waals surface area contributed by atoms with Crippen LogP contribution in [-0.2, 0) is 4.79 Å². The van der Waals surface area contributed by atoms with Crippen LogP contribution in [0.4, 0.5) is 4.39 Å². The lowest BCUT2D eigenvalue weighted by atomic mass is 9.94. The van der Waals surface area contributed by atoms with Gasteiger partial charge in [-0.2, -0.15) is 0 Å². The van der Waals surface area contributed by atoms with Crippen molar-refractivity contribution in [1.82, 2.24) is 24.6 Å². The average molecular weight is 420 g/mol. The minimum Gasteiger partial charge on any atom is -0.342 e. The summed E-state index contributed by atoms with van der Waals surface area (Å²) in [4.78, 5) is 16.7. The van der Waals surface area contributed by atoms with Gasteiger partial charge in [0.15, 0.2) is 11.0 Å². The van der Waals surface area contributed by atoms with Crippen molar-refractivity contribution in [2.75, 3.05) is 26.9 Å². The number of carbonyl (C=O) groups excluding carboxylic acids is 1. The smallest absolute Gasteiger partial charge is 0.233 e. The molecule has 0 saturated heterocycles. The Hall–Kier alpha value is -1.93. The van der Waals surface area contributed by atoms with Crippen LogP contribution in [0.25, 0.3) is 5.69 Å². The standard InChI is InChI=1S/C21H30FN5OS/c1-15(25(2)3)20-23-24-21(27(20)18-12-10-16(22)11-13-18)29-14-19(28)26(4)17-8-6-5-7-9-17/h10-13,15,17H,5-9,14H2,1-4H3/t15-/m0/s1. The Morgan fingerprint density at radius 3 is 2.45 bits per heavy atom. The van der Waals surface area contributed by atoms with Gasteiger partial charge in [0.1, 0.15) is 5.82 Å². The molecule has 0 N–H and O–H groups in total. The lowest BCUT2D eigenvalue weighted by molar-refractivity contribution is -0.129. The first-order chi connectivity index (χ1) is 13.9. The van der Waals surface area contributed by atoms with Gasteiger partial charge in [-0.15, -0.1) is 10.2 Å². The Bertz CT molecular complexity index is 817. The molecular formula is C21H30FN5OS. The number of carbonyl (C=O) groups is 1. The van der Waals surface area contributed by atoms with Crippen LogP contribution in [0, 0.1) is 5.82 Å². The molecule has 1 amide bonds. The second-order valence-corrected chi connectivity index (χ2v) is 8.82. The molecule has 0 radical (unpaired) electrons. The van der Waals surface area contributed by atoms with Crippen molar-refractivity contribution in [3.05, 3.63) is 35.9 Å². The number of halogens is 1. The van der Waals surface area contributed by atoms with Crippen molar-refractivity contribution in [2.24, 2.45) is 0 Å². The Labute approximate surface area is 176 Å². The summed E-state index contributed by atoms with van der Waals surface area (Å²) in [6.07, 6.45) is 5.83. The third kappa shape index (κ3) is 5.17. The van der Waals surface area contributed by atoms with Gasteiger partial charge in [-0.25, -0.2) is 4.39 Å². The monoisotopic (exact) mass is 419 g/mol. The molecular weight excluding hydrogens is 389 g/mol. The Kier molecular flexibility index (Phi) is 7.29. The minimum atomic E-state index is -0.289. The van der Waals surface area contributed by atoms with Crippen LogP contribution in [0.2, 0.25) is 0 Å². The second-order valence-electron chi connectivity index (χ2n) is 7.88. The van der Waals surface area contributed by atoms with Crippen LogP contribution in [0.3, 0.4) is 0 Å². The summed E-state index contributed by atoms with van der Waals surface area (Å²) in [5.74, 6) is 0.889. The molecule has 3 rings (SSSR count). The molecule has 6 nitrogen and oxygen atoms in total. The zero-order chi connectivity index (χ0) is 21.0. The number of benzene rings is 1. The number of hydrogen-bond donors (Lipinski definition) is 0. The van der Waals surface area contributed by atoms with Crippen molar-refractivity contribution in [3.63, 3.8) is 0 Å². The fraction of sp³-hybridized carbons (Fsp3) is 0.571. The summed E-state index contributed by atoms with van der Waals surface area (Å²) in [6, 6.07) is 6.64. The number of nitrogens with zero attached hydrogens (tertiary/aromatic N) is 5. The van der Waals surface area contributed by atoms with Crippen LogP contribution in [-0.4, -0.2) is 63.4 Å². The summed E-state index contributed by atoms with van der Waals surface area (Å²) in [5, 5.41) is 9.37. The van der Waals surface area contributed by atoms with Gasteiger partial charge in [-0.05, 0) is 58.1 Å². The number of amides is 1. The van der Waals surface area contributed by atoms with E-state index in [2.05, 4.69) is 10.2 Å². The van der Waals surface area contributed by atoms with Crippen LogP contribution in [0.15, 0.2) is 29.4 Å². The quantitative estimate of drug-likeness (QED) is 0.637. The zero-order valence-corrected chi connectivity index (χ0v) is 18.5. The van der Waals surface area contributed by atoms with Crippen molar-refractivity contribution < 1.29 is 9.18 Å². The van der Waals surface area contributed by atoms with Crippen molar-refractivity contribution in [2.45, 2.75) is 56.3 Å². The molecule has 1 saturated carbocycles. The molecule has 1 aromatic heterocycles.